The van der Waals surface area contributed by atoms with E-state index in [2.05, 4.69) is 42.4 Å². The molecule has 1 aromatic rings. The number of amidine groups is 1. The van der Waals surface area contributed by atoms with E-state index in [0.717, 1.165) is 23.6 Å². The van der Waals surface area contributed by atoms with Gasteiger partial charge in [0.1, 0.15) is 5.84 Å². The molecule has 1 heterocycles. The van der Waals surface area contributed by atoms with E-state index in [0.29, 0.717) is 0 Å². The van der Waals surface area contributed by atoms with Gasteiger partial charge in [-0.3, -0.25) is 0 Å². The number of para-hydroxylation sites is 1. The number of rotatable bonds is 11. The van der Waals surface area contributed by atoms with Crippen molar-refractivity contribution in [3.8, 4) is 0 Å². The number of hydrogen-bond donors (Lipinski definition) is 0. The summed E-state index contributed by atoms with van der Waals surface area (Å²) in [5, 5.41) is 4.64. The number of aliphatic imine (C=N–C) groups is 1. The van der Waals surface area contributed by atoms with Crippen molar-refractivity contribution in [1.82, 2.24) is 5.32 Å². The second-order valence-electron chi connectivity index (χ2n) is 6.51. The maximum Gasteiger partial charge on any atom is 0.129 e. The van der Waals surface area contributed by atoms with Crippen LogP contribution in [0.4, 0.5) is 11.4 Å². The topological polar surface area (TPSA) is 26.5 Å². The molecule has 0 atom stereocenters. The minimum atomic E-state index is 1.03. The van der Waals surface area contributed by atoms with Crippen LogP contribution in [-0.2, 0) is 0 Å². The van der Waals surface area contributed by atoms with Gasteiger partial charge in [0.25, 0.3) is 0 Å². The summed E-state index contributed by atoms with van der Waals surface area (Å²) in [7, 11) is 0. The molecule has 1 aliphatic heterocycles. The number of nitrogens with zero attached hydrogens (tertiary/aromatic N) is 2. The standard InChI is InChI=1S/C20H31N2/c1-3-4-5-6-7-8-9-10-11-12-16-19-21-18-15-13-14-17(2)20(18)22-19/h13-15H,3-12,16H2,1-2H3. The van der Waals surface area contributed by atoms with Crippen LogP contribution in [0, 0.1) is 6.92 Å². The van der Waals surface area contributed by atoms with Gasteiger partial charge in [0.15, 0.2) is 0 Å². The van der Waals surface area contributed by atoms with Gasteiger partial charge in [0, 0.05) is 6.42 Å². The molecule has 22 heavy (non-hydrogen) atoms. The lowest BCUT2D eigenvalue weighted by molar-refractivity contribution is 0.559. The minimum absolute atomic E-state index is 1.03. The molecule has 0 aliphatic carbocycles. The fourth-order valence-electron chi connectivity index (χ4n) is 3.05. The third-order valence-corrected chi connectivity index (χ3v) is 4.46. The average molecular weight is 299 g/mol. The normalized spacial score (nSPS) is 12.9. The van der Waals surface area contributed by atoms with Crippen molar-refractivity contribution < 1.29 is 0 Å². The van der Waals surface area contributed by atoms with Gasteiger partial charge in [-0.15, -0.1) is 0 Å². The molecule has 0 spiro atoms. The van der Waals surface area contributed by atoms with Gasteiger partial charge >= 0.3 is 0 Å². The predicted octanol–water partition coefficient (Wildman–Crippen LogP) is 6.59. The van der Waals surface area contributed by atoms with E-state index in [9.17, 15) is 0 Å². The third kappa shape index (κ3) is 5.47. The van der Waals surface area contributed by atoms with Gasteiger partial charge in [0.2, 0.25) is 0 Å². The Morgan fingerprint density at radius 2 is 1.45 bits per heavy atom. The molecule has 0 N–H and O–H groups in total. The lowest BCUT2D eigenvalue weighted by Gasteiger charge is -2.02. The zero-order valence-corrected chi connectivity index (χ0v) is 14.4. The monoisotopic (exact) mass is 299 g/mol. The molecule has 0 amide bonds. The molecule has 0 unspecified atom stereocenters. The van der Waals surface area contributed by atoms with E-state index in [1.54, 1.807) is 0 Å². The zero-order chi connectivity index (χ0) is 15.6. The van der Waals surface area contributed by atoms with Crippen molar-refractivity contribution in [3.05, 3.63) is 23.8 Å². The van der Waals surface area contributed by atoms with Gasteiger partial charge in [-0.1, -0.05) is 76.8 Å². The van der Waals surface area contributed by atoms with Crippen LogP contribution < -0.4 is 5.32 Å². The van der Waals surface area contributed by atoms with E-state index in [1.807, 2.05) is 0 Å². The summed E-state index contributed by atoms with van der Waals surface area (Å²) in [5.74, 6) is 1.03. The Balaban J connectivity index is 1.50. The maximum atomic E-state index is 4.68. The molecule has 2 rings (SSSR count). The van der Waals surface area contributed by atoms with Crippen LogP contribution in [0.3, 0.4) is 0 Å². The third-order valence-electron chi connectivity index (χ3n) is 4.46. The SMILES string of the molecule is CCCCCCCCCCCCC1=Nc2c(C)cccc2[N]1. The van der Waals surface area contributed by atoms with Crippen LogP contribution in [-0.4, -0.2) is 5.84 Å². The van der Waals surface area contributed by atoms with Crippen molar-refractivity contribution >= 4 is 17.2 Å². The van der Waals surface area contributed by atoms with Crippen molar-refractivity contribution in [3.63, 3.8) is 0 Å². The fraction of sp³-hybridized carbons (Fsp3) is 0.650. The Bertz CT molecular complexity index is 477. The lowest BCUT2D eigenvalue weighted by Crippen LogP contribution is -2.05. The molecule has 1 aliphatic rings. The highest BCUT2D eigenvalue weighted by Gasteiger charge is 2.16. The summed E-state index contributed by atoms with van der Waals surface area (Å²) in [6.45, 7) is 4.39. The van der Waals surface area contributed by atoms with Crippen LogP contribution in [0.1, 0.15) is 83.1 Å². The fourth-order valence-corrected chi connectivity index (χ4v) is 3.05. The van der Waals surface area contributed by atoms with Crippen molar-refractivity contribution in [2.24, 2.45) is 4.99 Å². The summed E-state index contributed by atoms with van der Waals surface area (Å²) in [6, 6.07) is 6.25. The van der Waals surface area contributed by atoms with E-state index >= 15 is 0 Å². The van der Waals surface area contributed by atoms with Gasteiger partial charge in [-0.05, 0) is 25.0 Å². The molecule has 1 aromatic carbocycles. The van der Waals surface area contributed by atoms with Gasteiger partial charge in [-0.2, -0.15) is 0 Å². The molecule has 2 heteroatoms. The van der Waals surface area contributed by atoms with E-state index < -0.39 is 0 Å². The van der Waals surface area contributed by atoms with E-state index in [4.69, 9.17) is 0 Å². The Hall–Kier alpha value is -1.31. The number of unbranched alkanes of at least 4 members (excludes halogenated alkanes) is 9. The molecular formula is C20H31N2. The van der Waals surface area contributed by atoms with Gasteiger partial charge in [-0.25, -0.2) is 10.3 Å². The number of benzene rings is 1. The summed E-state index contributed by atoms with van der Waals surface area (Å²) in [5.41, 5.74) is 3.38. The maximum absolute atomic E-state index is 4.68. The molecule has 0 bridgehead atoms. The Kier molecular flexibility index (Phi) is 7.48. The first-order chi connectivity index (χ1) is 10.8. The van der Waals surface area contributed by atoms with Crippen LogP contribution >= 0.6 is 0 Å². The molecular weight excluding hydrogens is 268 g/mol. The summed E-state index contributed by atoms with van der Waals surface area (Å²) in [4.78, 5) is 4.68. The molecule has 0 aromatic heterocycles. The summed E-state index contributed by atoms with van der Waals surface area (Å²) >= 11 is 0. The first kappa shape index (κ1) is 17.1. The molecule has 121 valence electrons. The quantitative estimate of drug-likeness (QED) is 0.412. The highest BCUT2D eigenvalue weighted by molar-refractivity contribution is 5.96. The van der Waals surface area contributed by atoms with Crippen molar-refractivity contribution in [2.45, 2.75) is 84.5 Å². The van der Waals surface area contributed by atoms with E-state index in [1.165, 1.54) is 69.8 Å². The van der Waals surface area contributed by atoms with Gasteiger partial charge in [0.05, 0.1) is 11.4 Å². The lowest BCUT2D eigenvalue weighted by atomic mass is 10.1. The number of hydrogen-bond acceptors (Lipinski definition) is 1. The molecule has 0 saturated carbocycles. The zero-order valence-electron chi connectivity index (χ0n) is 14.4. The Morgan fingerprint density at radius 1 is 0.818 bits per heavy atom. The van der Waals surface area contributed by atoms with E-state index in [-0.39, 0.29) is 0 Å². The van der Waals surface area contributed by atoms with Crippen LogP contribution in [0.2, 0.25) is 0 Å². The second-order valence-corrected chi connectivity index (χ2v) is 6.51. The largest absolute Gasteiger partial charge is 0.231 e. The predicted molar refractivity (Wildman–Crippen MR) is 96.5 cm³/mol. The molecule has 0 saturated heterocycles. The number of fused-ring (bicyclic) bond motifs is 1. The summed E-state index contributed by atoms with van der Waals surface area (Å²) in [6.07, 6.45) is 14.8. The average Bonchev–Trinajstić information content (AvgIpc) is 2.94. The number of aryl methyl sites for hydroxylation is 1. The van der Waals surface area contributed by atoms with Crippen molar-refractivity contribution in [1.29, 1.82) is 0 Å². The van der Waals surface area contributed by atoms with Crippen LogP contribution in [0.15, 0.2) is 23.2 Å². The Morgan fingerprint density at radius 3 is 2.09 bits per heavy atom. The summed E-state index contributed by atoms with van der Waals surface area (Å²) < 4.78 is 0. The smallest absolute Gasteiger partial charge is 0.129 e. The molecule has 2 nitrogen and oxygen atoms in total. The first-order valence-corrected chi connectivity index (χ1v) is 9.20. The highest BCUT2D eigenvalue weighted by Crippen LogP contribution is 2.34. The minimum Gasteiger partial charge on any atom is -0.231 e. The molecule has 0 fully saturated rings. The Labute approximate surface area is 136 Å². The van der Waals surface area contributed by atoms with Gasteiger partial charge < -0.3 is 0 Å². The highest BCUT2D eigenvalue weighted by atomic mass is 15.1. The molecule has 1 radical (unpaired) electrons. The second kappa shape index (κ2) is 9.66. The first-order valence-electron chi connectivity index (χ1n) is 9.20. The van der Waals surface area contributed by atoms with Crippen LogP contribution in [0.5, 0.6) is 0 Å². The van der Waals surface area contributed by atoms with Crippen LogP contribution in [0.25, 0.3) is 0 Å². The van der Waals surface area contributed by atoms with Crippen molar-refractivity contribution in [2.75, 3.05) is 0 Å².